The van der Waals surface area contributed by atoms with Crippen LogP contribution >= 0.6 is 0 Å². The summed E-state index contributed by atoms with van der Waals surface area (Å²) < 4.78 is 11.9. The number of aromatic nitrogens is 2. The fraction of sp³-hybridized carbons (Fsp3) is 0.458. The third kappa shape index (κ3) is 3.42. The van der Waals surface area contributed by atoms with Gasteiger partial charge in [-0.3, -0.25) is 9.78 Å². The number of oxazole rings is 1. The van der Waals surface area contributed by atoms with E-state index in [1.165, 1.54) is 6.42 Å². The van der Waals surface area contributed by atoms with Crippen LogP contribution in [-0.2, 0) is 0 Å². The lowest BCUT2D eigenvalue weighted by Gasteiger charge is -2.62. The van der Waals surface area contributed by atoms with Gasteiger partial charge in [-0.1, -0.05) is 20.8 Å². The Morgan fingerprint density at radius 1 is 1.19 bits per heavy atom. The molecule has 3 aliphatic rings. The van der Waals surface area contributed by atoms with E-state index in [2.05, 4.69) is 41.4 Å². The van der Waals surface area contributed by atoms with E-state index in [1.54, 1.807) is 25.4 Å². The minimum atomic E-state index is -0.259. The number of hydrogen-bond donors (Lipinski definition) is 2. The summed E-state index contributed by atoms with van der Waals surface area (Å²) in [6.45, 7) is 7.15. The Morgan fingerprint density at radius 2 is 2.00 bits per heavy atom. The van der Waals surface area contributed by atoms with Gasteiger partial charge < -0.3 is 19.8 Å². The van der Waals surface area contributed by atoms with Crippen molar-refractivity contribution < 1.29 is 13.9 Å². The first-order chi connectivity index (χ1) is 14.8. The number of carbonyl (C=O) groups is 1. The smallest absolute Gasteiger partial charge is 0.295 e. The van der Waals surface area contributed by atoms with Crippen LogP contribution in [0, 0.1) is 23.2 Å². The first-order valence-electron chi connectivity index (χ1n) is 10.9. The Balaban J connectivity index is 1.31. The molecule has 3 saturated carbocycles. The average Bonchev–Trinajstić information content (AvgIpc) is 3.16. The number of pyridine rings is 1. The molecule has 7 nitrogen and oxygen atoms in total. The van der Waals surface area contributed by atoms with Crippen molar-refractivity contribution in [2.75, 3.05) is 12.4 Å². The van der Waals surface area contributed by atoms with Crippen LogP contribution < -0.4 is 15.4 Å². The van der Waals surface area contributed by atoms with Gasteiger partial charge in [0.15, 0.2) is 5.58 Å². The number of nitrogens with zero attached hydrogens (tertiary/aromatic N) is 2. The van der Waals surface area contributed by atoms with E-state index in [4.69, 9.17) is 9.15 Å². The van der Waals surface area contributed by atoms with E-state index in [0.717, 1.165) is 23.8 Å². The maximum atomic E-state index is 11.8. The first-order valence-corrected chi connectivity index (χ1v) is 10.9. The number of carbonyl (C=O) groups excluding carboxylic acids is 1. The van der Waals surface area contributed by atoms with Crippen LogP contribution in [-0.4, -0.2) is 29.0 Å². The van der Waals surface area contributed by atoms with Crippen LogP contribution in [0.25, 0.3) is 11.1 Å². The molecule has 0 saturated heterocycles. The maximum Gasteiger partial charge on any atom is 0.295 e. The number of anilines is 1. The molecule has 7 heteroatoms. The molecule has 0 aliphatic heterocycles. The summed E-state index contributed by atoms with van der Waals surface area (Å²) in [5, 5.41) is 6.10. The van der Waals surface area contributed by atoms with Gasteiger partial charge in [0.05, 0.1) is 0 Å². The Bertz CT molecular complexity index is 1140. The highest BCUT2D eigenvalue weighted by Gasteiger charge is 2.56. The largest absolute Gasteiger partial charge is 0.457 e. The molecule has 162 valence electrons. The number of hydrogen-bond acceptors (Lipinski definition) is 6. The van der Waals surface area contributed by atoms with E-state index in [0.29, 0.717) is 46.2 Å². The summed E-state index contributed by atoms with van der Waals surface area (Å²) in [6, 6.07) is 9.81. The second kappa shape index (κ2) is 7.25. The summed E-state index contributed by atoms with van der Waals surface area (Å²) in [5.41, 5.74) is 2.20. The predicted octanol–water partition coefficient (Wildman–Crippen LogP) is 4.86. The second-order valence-corrected chi connectivity index (χ2v) is 9.41. The number of rotatable bonds is 5. The molecule has 3 aromatic rings. The zero-order chi connectivity index (χ0) is 21.8. The SMILES string of the molecule is CNC(=O)c1cc(Oc2ccc3nc(N[C@H]4C[C@@H]5C[C@@H]([C@@H]4C)C5(C)C)oc3c2)ccn1. The highest BCUT2D eigenvalue weighted by atomic mass is 16.5. The molecule has 4 atom stereocenters. The fourth-order valence-corrected chi connectivity index (χ4v) is 5.39. The molecule has 1 amide bonds. The molecule has 2 N–H and O–H groups in total. The van der Waals surface area contributed by atoms with Gasteiger partial charge in [0.1, 0.15) is 22.7 Å². The lowest BCUT2D eigenvalue weighted by molar-refractivity contribution is -0.105. The van der Waals surface area contributed by atoms with Crippen molar-refractivity contribution >= 4 is 23.0 Å². The van der Waals surface area contributed by atoms with Gasteiger partial charge in [-0.15, -0.1) is 0 Å². The second-order valence-electron chi connectivity index (χ2n) is 9.41. The molecule has 3 fully saturated rings. The molecule has 1 aromatic carbocycles. The van der Waals surface area contributed by atoms with Crippen LogP contribution in [0.15, 0.2) is 40.9 Å². The number of nitrogens with one attached hydrogen (secondary N) is 2. The zero-order valence-electron chi connectivity index (χ0n) is 18.3. The van der Waals surface area contributed by atoms with Crippen LogP contribution in [0.1, 0.15) is 44.1 Å². The van der Waals surface area contributed by atoms with Crippen molar-refractivity contribution in [3.8, 4) is 11.5 Å². The third-order valence-corrected chi connectivity index (χ3v) is 7.45. The summed E-state index contributed by atoms with van der Waals surface area (Å²) in [7, 11) is 1.57. The van der Waals surface area contributed by atoms with E-state index in [-0.39, 0.29) is 5.91 Å². The fourth-order valence-electron chi connectivity index (χ4n) is 5.39. The van der Waals surface area contributed by atoms with Crippen molar-refractivity contribution in [3.63, 3.8) is 0 Å². The highest BCUT2D eigenvalue weighted by Crippen LogP contribution is 2.61. The minimum absolute atomic E-state index is 0.259. The summed E-state index contributed by atoms with van der Waals surface area (Å²) in [6.07, 6.45) is 4.05. The molecule has 31 heavy (non-hydrogen) atoms. The number of amides is 1. The molecular weight excluding hydrogens is 392 g/mol. The Kier molecular flexibility index (Phi) is 4.64. The third-order valence-electron chi connectivity index (χ3n) is 7.45. The lowest BCUT2D eigenvalue weighted by Crippen LogP contribution is -2.58. The van der Waals surface area contributed by atoms with E-state index < -0.39 is 0 Å². The van der Waals surface area contributed by atoms with Crippen molar-refractivity contribution in [1.82, 2.24) is 15.3 Å². The normalized spacial score (nSPS) is 26.2. The van der Waals surface area contributed by atoms with Gasteiger partial charge in [-0.25, -0.2) is 0 Å². The highest BCUT2D eigenvalue weighted by molar-refractivity contribution is 5.92. The molecule has 2 aromatic heterocycles. The standard InChI is InChI=1S/C24H28N4O3/c1-13-17-9-14(24(17,2)3)10-19(13)28-23-27-18-6-5-15(12-21(18)31-23)30-16-7-8-26-20(11-16)22(29)25-4/h5-8,11-14,17,19H,9-10H2,1-4H3,(H,25,29)(H,27,28)/t13-,14-,17-,19-/m0/s1. The van der Waals surface area contributed by atoms with Gasteiger partial charge in [-0.2, -0.15) is 4.98 Å². The molecule has 0 unspecified atom stereocenters. The van der Waals surface area contributed by atoms with E-state index in [9.17, 15) is 4.79 Å². The van der Waals surface area contributed by atoms with E-state index >= 15 is 0 Å². The van der Waals surface area contributed by atoms with Crippen LogP contribution in [0.3, 0.4) is 0 Å². The van der Waals surface area contributed by atoms with Crippen LogP contribution in [0.5, 0.6) is 11.5 Å². The topological polar surface area (TPSA) is 89.3 Å². The molecule has 0 radical (unpaired) electrons. The van der Waals surface area contributed by atoms with Crippen molar-refractivity contribution in [2.45, 2.75) is 39.7 Å². The van der Waals surface area contributed by atoms with Gasteiger partial charge in [0.25, 0.3) is 11.9 Å². The zero-order valence-corrected chi connectivity index (χ0v) is 18.3. The van der Waals surface area contributed by atoms with Gasteiger partial charge in [0, 0.05) is 31.4 Å². The van der Waals surface area contributed by atoms with Crippen molar-refractivity contribution in [2.24, 2.45) is 23.2 Å². The van der Waals surface area contributed by atoms with Crippen molar-refractivity contribution in [1.29, 1.82) is 0 Å². The number of fused-ring (bicyclic) bond motifs is 3. The van der Waals surface area contributed by atoms with Crippen LogP contribution in [0.4, 0.5) is 6.01 Å². The number of ether oxygens (including phenoxy) is 1. The first kappa shape index (κ1) is 19.8. The predicted molar refractivity (Wildman–Crippen MR) is 118 cm³/mol. The minimum Gasteiger partial charge on any atom is -0.457 e. The van der Waals surface area contributed by atoms with Crippen molar-refractivity contribution in [3.05, 3.63) is 42.2 Å². The van der Waals surface area contributed by atoms with E-state index in [1.807, 2.05) is 18.2 Å². The quantitative estimate of drug-likeness (QED) is 0.613. The maximum absolute atomic E-state index is 11.8. The molecule has 0 spiro atoms. The molecular formula is C24H28N4O3. The summed E-state index contributed by atoms with van der Waals surface area (Å²) >= 11 is 0. The molecule has 3 aliphatic carbocycles. The van der Waals surface area contributed by atoms with Gasteiger partial charge in [-0.05, 0) is 54.2 Å². The monoisotopic (exact) mass is 420 g/mol. The van der Waals surface area contributed by atoms with Crippen LogP contribution in [0.2, 0.25) is 0 Å². The Morgan fingerprint density at radius 3 is 2.74 bits per heavy atom. The summed E-state index contributed by atoms with van der Waals surface area (Å²) in [4.78, 5) is 20.5. The Hall–Kier alpha value is -3.09. The average molecular weight is 421 g/mol. The molecule has 6 rings (SSSR count). The lowest BCUT2D eigenvalue weighted by atomic mass is 9.45. The number of benzene rings is 1. The summed E-state index contributed by atoms with van der Waals surface area (Å²) in [5.74, 6) is 3.01. The molecule has 2 heterocycles. The molecule has 2 bridgehead atoms. The van der Waals surface area contributed by atoms with Gasteiger partial charge >= 0.3 is 0 Å². The Labute approximate surface area is 181 Å². The van der Waals surface area contributed by atoms with Gasteiger partial charge in [0.2, 0.25) is 0 Å².